The van der Waals surface area contributed by atoms with Crippen LogP contribution in [0.1, 0.15) is 44.9 Å². The van der Waals surface area contributed by atoms with Gasteiger partial charge in [-0.1, -0.05) is 19.3 Å². The van der Waals surface area contributed by atoms with Gasteiger partial charge in [0, 0.05) is 23.2 Å². The average molecular weight is 323 g/mol. The molecule has 2 N–H and O–H groups in total. The lowest BCUT2D eigenvalue weighted by molar-refractivity contribution is 0.144. The molecule has 3 heteroatoms. The number of anilines is 2. The molecule has 19 heavy (non-hydrogen) atoms. The van der Waals surface area contributed by atoms with E-state index in [1.54, 1.807) is 0 Å². The molecule has 1 aromatic carbocycles. The van der Waals surface area contributed by atoms with Gasteiger partial charge in [0.25, 0.3) is 0 Å². The second kappa shape index (κ2) is 5.35. The Labute approximate surface area is 124 Å². The minimum atomic E-state index is 0.676. The fourth-order valence-corrected chi connectivity index (χ4v) is 4.45. The highest BCUT2D eigenvalue weighted by Crippen LogP contribution is 2.45. The highest BCUT2D eigenvalue weighted by molar-refractivity contribution is 9.10. The maximum Gasteiger partial charge on any atom is 0.0512 e. The van der Waals surface area contributed by atoms with Gasteiger partial charge in [0.15, 0.2) is 0 Å². The largest absolute Gasteiger partial charge is 0.399 e. The van der Waals surface area contributed by atoms with E-state index in [0.29, 0.717) is 5.41 Å². The van der Waals surface area contributed by atoms with Gasteiger partial charge in [0.05, 0.1) is 5.69 Å². The number of piperidine rings is 1. The van der Waals surface area contributed by atoms with E-state index in [1.807, 2.05) is 12.1 Å². The van der Waals surface area contributed by atoms with E-state index < -0.39 is 0 Å². The van der Waals surface area contributed by atoms with Gasteiger partial charge in [-0.15, -0.1) is 0 Å². The van der Waals surface area contributed by atoms with E-state index in [0.717, 1.165) is 10.2 Å². The van der Waals surface area contributed by atoms with Crippen molar-refractivity contribution in [2.45, 2.75) is 44.9 Å². The summed E-state index contributed by atoms with van der Waals surface area (Å²) in [4.78, 5) is 2.52. The lowest BCUT2D eigenvalue weighted by Gasteiger charge is -2.45. The van der Waals surface area contributed by atoms with Crippen molar-refractivity contribution in [1.29, 1.82) is 0 Å². The SMILES string of the molecule is Nc1ccc(N2CCC3(CCCCC3)CC2)c(Br)c1. The molecule has 0 aromatic heterocycles. The molecule has 1 aromatic rings. The van der Waals surface area contributed by atoms with Gasteiger partial charge in [0.1, 0.15) is 0 Å². The number of hydrogen-bond donors (Lipinski definition) is 1. The Kier molecular flexibility index (Phi) is 3.75. The number of hydrogen-bond acceptors (Lipinski definition) is 2. The van der Waals surface area contributed by atoms with Crippen LogP contribution < -0.4 is 10.6 Å². The summed E-state index contributed by atoms with van der Waals surface area (Å²) in [6, 6.07) is 6.17. The first-order valence-electron chi connectivity index (χ1n) is 7.49. The Balaban J connectivity index is 1.69. The molecule has 0 radical (unpaired) electrons. The average Bonchev–Trinajstić information content (AvgIpc) is 2.41. The molecule has 104 valence electrons. The molecule has 0 amide bonds. The highest BCUT2D eigenvalue weighted by atomic mass is 79.9. The first kappa shape index (κ1) is 13.3. The van der Waals surface area contributed by atoms with Gasteiger partial charge in [0.2, 0.25) is 0 Å². The van der Waals surface area contributed by atoms with Gasteiger partial charge in [-0.2, -0.15) is 0 Å². The van der Waals surface area contributed by atoms with Crippen LogP contribution in [0.3, 0.4) is 0 Å². The molecule has 0 atom stereocenters. The van der Waals surface area contributed by atoms with Crippen molar-refractivity contribution in [1.82, 2.24) is 0 Å². The zero-order valence-corrected chi connectivity index (χ0v) is 13.1. The second-order valence-corrected chi connectivity index (χ2v) is 7.11. The molecule has 0 bridgehead atoms. The van der Waals surface area contributed by atoms with E-state index in [9.17, 15) is 0 Å². The van der Waals surface area contributed by atoms with Crippen LogP contribution in [0, 0.1) is 5.41 Å². The van der Waals surface area contributed by atoms with E-state index in [2.05, 4.69) is 26.9 Å². The molecule has 1 saturated carbocycles. The van der Waals surface area contributed by atoms with Crippen LogP contribution in [0.2, 0.25) is 0 Å². The number of nitrogen functional groups attached to an aromatic ring is 1. The highest BCUT2D eigenvalue weighted by Gasteiger charge is 2.35. The topological polar surface area (TPSA) is 29.3 Å². The Morgan fingerprint density at radius 2 is 1.68 bits per heavy atom. The molecule has 1 heterocycles. The monoisotopic (exact) mass is 322 g/mol. The molecule has 2 fully saturated rings. The maximum atomic E-state index is 5.82. The smallest absolute Gasteiger partial charge is 0.0512 e. The van der Waals surface area contributed by atoms with Crippen LogP contribution in [0.25, 0.3) is 0 Å². The third kappa shape index (κ3) is 2.76. The van der Waals surface area contributed by atoms with Crippen LogP contribution in [0.4, 0.5) is 11.4 Å². The Morgan fingerprint density at radius 3 is 2.32 bits per heavy atom. The molecule has 1 aliphatic heterocycles. The van der Waals surface area contributed by atoms with Gasteiger partial charge >= 0.3 is 0 Å². The predicted molar refractivity (Wildman–Crippen MR) is 85.5 cm³/mol. The third-order valence-corrected chi connectivity index (χ3v) is 5.69. The molecule has 2 aliphatic rings. The zero-order valence-electron chi connectivity index (χ0n) is 11.5. The summed E-state index contributed by atoms with van der Waals surface area (Å²) in [6.07, 6.45) is 10.0. The fourth-order valence-electron chi connectivity index (χ4n) is 3.80. The third-order valence-electron chi connectivity index (χ3n) is 5.05. The van der Waals surface area contributed by atoms with Gasteiger partial charge < -0.3 is 10.6 Å². The van der Waals surface area contributed by atoms with E-state index >= 15 is 0 Å². The van der Waals surface area contributed by atoms with Crippen molar-refractivity contribution in [2.24, 2.45) is 5.41 Å². The molecule has 3 rings (SSSR count). The molecule has 1 saturated heterocycles. The number of nitrogens with two attached hydrogens (primary N) is 1. The number of halogens is 1. The first-order valence-corrected chi connectivity index (χ1v) is 8.28. The van der Waals surface area contributed by atoms with Crippen molar-refractivity contribution in [3.05, 3.63) is 22.7 Å². The number of rotatable bonds is 1. The van der Waals surface area contributed by atoms with Crippen molar-refractivity contribution in [3.63, 3.8) is 0 Å². The minimum absolute atomic E-state index is 0.676. The van der Waals surface area contributed by atoms with Gasteiger partial charge in [-0.05, 0) is 65.2 Å². The summed E-state index contributed by atoms with van der Waals surface area (Å²) < 4.78 is 1.13. The quantitative estimate of drug-likeness (QED) is 0.766. The lowest BCUT2D eigenvalue weighted by Crippen LogP contribution is -2.41. The summed E-state index contributed by atoms with van der Waals surface area (Å²) in [5.41, 5.74) is 8.63. The Hall–Kier alpha value is -0.700. The summed E-state index contributed by atoms with van der Waals surface area (Å²) in [5.74, 6) is 0. The van der Waals surface area contributed by atoms with Crippen LogP contribution in [-0.2, 0) is 0 Å². The first-order chi connectivity index (χ1) is 9.19. The second-order valence-electron chi connectivity index (χ2n) is 6.26. The number of nitrogens with zero attached hydrogens (tertiary/aromatic N) is 1. The van der Waals surface area contributed by atoms with Crippen LogP contribution >= 0.6 is 15.9 Å². The normalized spacial score (nSPS) is 22.7. The van der Waals surface area contributed by atoms with Crippen LogP contribution in [-0.4, -0.2) is 13.1 Å². The standard InChI is InChI=1S/C16H23BrN2/c17-14-12-13(18)4-5-15(14)19-10-8-16(9-11-19)6-2-1-3-7-16/h4-5,12H,1-3,6-11,18H2. The predicted octanol–water partition coefficient (Wildman–Crippen LogP) is 4.58. The molecular formula is C16H23BrN2. The molecule has 2 nitrogen and oxygen atoms in total. The van der Waals surface area contributed by atoms with Crippen LogP contribution in [0.5, 0.6) is 0 Å². The molecule has 0 unspecified atom stereocenters. The molecule has 1 spiro atoms. The van der Waals surface area contributed by atoms with Crippen molar-refractivity contribution < 1.29 is 0 Å². The number of benzene rings is 1. The maximum absolute atomic E-state index is 5.82. The van der Waals surface area contributed by atoms with Crippen molar-refractivity contribution in [2.75, 3.05) is 23.7 Å². The van der Waals surface area contributed by atoms with E-state index in [1.165, 1.54) is 63.7 Å². The minimum Gasteiger partial charge on any atom is -0.399 e. The summed E-state index contributed by atoms with van der Waals surface area (Å²) >= 11 is 3.65. The molecular weight excluding hydrogens is 300 g/mol. The van der Waals surface area contributed by atoms with E-state index in [4.69, 9.17) is 5.73 Å². The van der Waals surface area contributed by atoms with Crippen molar-refractivity contribution in [3.8, 4) is 0 Å². The zero-order chi connectivity index (χ0) is 13.3. The van der Waals surface area contributed by atoms with E-state index in [-0.39, 0.29) is 0 Å². The van der Waals surface area contributed by atoms with Gasteiger partial charge in [-0.3, -0.25) is 0 Å². The summed E-state index contributed by atoms with van der Waals surface area (Å²) in [6.45, 7) is 2.39. The fraction of sp³-hybridized carbons (Fsp3) is 0.625. The van der Waals surface area contributed by atoms with Crippen molar-refractivity contribution >= 4 is 27.3 Å². The Bertz CT molecular complexity index is 442. The van der Waals surface area contributed by atoms with Gasteiger partial charge in [-0.25, -0.2) is 0 Å². The van der Waals surface area contributed by atoms with Crippen LogP contribution in [0.15, 0.2) is 22.7 Å². The summed E-state index contributed by atoms with van der Waals surface area (Å²) in [7, 11) is 0. The lowest BCUT2D eigenvalue weighted by atomic mass is 9.68. The molecule has 1 aliphatic carbocycles. The Morgan fingerprint density at radius 1 is 1.00 bits per heavy atom. The summed E-state index contributed by atoms with van der Waals surface area (Å²) in [5, 5.41) is 0.